The van der Waals surface area contributed by atoms with Gasteiger partial charge in [0.05, 0.1) is 32.2 Å². The van der Waals surface area contributed by atoms with Crippen LogP contribution in [0.3, 0.4) is 0 Å². The molecule has 2 N–H and O–H groups in total. The lowest BCUT2D eigenvalue weighted by Gasteiger charge is -2.05. The molecule has 0 radical (unpaired) electrons. The molecule has 0 bridgehead atoms. The number of primary sulfonamides is 1. The zero-order chi connectivity index (χ0) is 13.4. The number of rotatable bonds is 8. The van der Waals surface area contributed by atoms with Crippen molar-refractivity contribution in [2.24, 2.45) is 5.14 Å². The van der Waals surface area contributed by atoms with E-state index in [2.05, 4.69) is 0 Å². The van der Waals surface area contributed by atoms with Gasteiger partial charge in [-0.1, -0.05) is 23.7 Å². The van der Waals surface area contributed by atoms with Crippen LogP contribution in [0.2, 0.25) is 5.02 Å². The summed E-state index contributed by atoms with van der Waals surface area (Å²) in [4.78, 5) is 0. The summed E-state index contributed by atoms with van der Waals surface area (Å²) in [5, 5.41) is 5.48. The van der Waals surface area contributed by atoms with Gasteiger partial charge < -0.3 is 9.47 Å². The molecule has 102 valence electrons. The highest BCUT2D eigenvalue weighted by Gasteiger charge is 2.01. The van der Waals surface area contributed by atoms with Crippen LogP contribution in [0.4, 0.5) is 0 Å². The second-order valence-corrected chi connectivity index (χ2v) is 5.83. The van der Waals surface area contributed by atoms with Crippen LogP contribution in [0.5, 0.6) is 0 Å². The molecular formula is C11H16ClNO4S. The van der Waals surface area contributed by atoms with Gasteiger partial charge in [0.1, 0.15) is 0 Å². The van der Waals surface area contributed by atoms with Gasteiger partial charge in [-0.15, -0.1) is 0 Å². The Morgan fingerprint density at radius 2 is 1.89 bits per heavy atom. The van der Waals surface area contributed by atoms with E-state index < -0.39 is 10.0 Å². The van der Waals surface area contributed by atoms with Crippen LogP contribution in [-0.2, 0) is 26.1 Å². The van der Waals surface area contributed by atoms with Crippen LogP contribution in [-0.4, -0.2) is 34.0 Å². The van der Waals surface area contributed by atoms with E-state index in [1.165, 1.54) is 0 Å². The minimum absolute atomic E-state index is 0.0827. The third-order valence-electron chi connectivity index (χ3n) is 2.04. The van der Waals surface area contributed by atoms with Crippen molar-refractivity contribution >= 4 is 21.6 Å². The van der Waals surface area contributed by atoms with Gasteiger partial charge in [-0.2, -0.15) is 0 Å². The molecule has 1 aromatic carbocycles. The Labute approximate surface area is 112 Å². The normalized spacial score (nSPS) is 11.7. The van der Waals surface area contributed by atoms with E-state index in [1.54, 1.807) is 6.07 Å². The van der Waals surface area contributed by atoms with E-state index >= 15 is 0 Å². The molecule has 18 heavy (non-hydrogen) atoms. The summed E-state index contributed by atoms with van der Waals surface area (Å²) in [5.74, 6) is -0.179. The zero-order valence-electron chi connectivity index (χ0n) is 9.84. The summed E-state index contributed by atoms with van der Waals surface area (Å²) in [6.45, 7) is 1.24. The highest BCUT2D eigenvalue weighted by atomic mass is 35.5. The van der Waals surface area contributed by atoms with Crippen LogP contribution in [0, 0.1) is 0 Å². The van der Waals surface area contributed by atoms with E-state index in [9.17, 15) is 8.42 Å². The molecule has 0 aliphatic carbocycles. The standard InChI is InChI=1S/C11H16ClNO4S/c12-11-3-1-2-10(8-11)9-17-5-4-16-6-7-18(13,14)15/h1-3,8H,4-7,9H2,(H2,13,14,15). The molecule has 0 aliphatic heterocycles. The van der Waals surface area contributed by atoms with Crippen molar-refractivity contribution in [2.45, 2.75) is 6.61 Å². The maximum atomic E-state index is 10.6. The number of hydrogen-bond acceptors (Lipinski definition) is 4. The molecule has 0 unspecified atom stereocenters. The second kappa shape index (κ2) is 7.70. The number of benzene rings is 1. The molecular weight excluding hydrogens is 278 g/mol. The largest absolute Gasteiger partial charge is 0.378 e. The smallest absolute Gasteiger partial charge is 0.211 e. The Hall–Kier alpha value is -0.660. The van der Waals surface area contributed by atoms with Gasteiger partial charge in [0.25, 0.3) is 0 Å². The first kappa shape index (κ1) is 15.4. The number of hydrogen-bond donors (Lipinski definition) is 1. The third kappa shape index (κ3) is 7.62. The summed E-state index contributed by atoms with van der Waals surface area (Å²) in [7, 11) is -3.45. The molecule has 0 atom stereocenters. The van der Waals surface area contributed by atoms with Gasteiger partial charge in [0.15, 0.2) is 0 Å². The van der Waals surface area contributed by atoms with Gasteiger partial charge in [-0.25, -0.2) is 13.6 Å². The minimum atomic E-state index is -3.45. The number of ether oxygens (including phenoxy) is 2. The molecule has 0 aromatic heterocycles. The van der Waals surface area contributed by atoms with Crippen molar-refractivity contribution in [3.63, 3.8) is 0 Å². The van der Waals surface area contributed by atoms with E-state index in [4.69, 9.17) is 26.2 Å². The quantitative estimate of drug-likeness (QED) is 0.730. The zero-order valence-corrected chi connectivity index (χ0v) is 11.4. The Kier molecular flexibility index (Phi) is 6.59. The van der Waals surface area contributed by atoms with Crippen molar-refractivity contribution in [1.29, 1.82) is 0 Å². The van der Waals surface area contributed by atoms with E-state index in [0.717, 1.165) is 5.56 Å². The lowest BCUT2D eigenvalue weighted by molar-refractivity contribution is 0.0459. The molecule has 0 amide bonds. The first-order chi connectivity index (χ1) is 8.47. The lowest BCUT2D eigenvalue weighted by atomic mass is 10.2. The van der Waals surface area contributed by atoms with Crippen LogP contribution in [0.25, 0.3) is 0 Å². The SMILES string of the molecule is NS(=O)(=O)CCOCCOCc1cccc(Cl)c1. The van der Waals surface area contributed by atoms with Crippen molar-refractivity contribution in [2.75, 3.05) is 25.6 Å². The molecule has 0 saturated carbocycles. The van der Waals surface area contributed by atoms with Gasteiger partial charge >= 0.3 is 0 Å². The summed E-state index contributed by atoms with van der Waals surface area (Å²) in [5.41, 5.74) is 0.979. The predicted octanol–water partition coefficient (Wildman–Crippen LogP) is 1.16. The Morgan fingerprint density at radius 1 is 1.17 bits per heavy atom. The van der Waals surface area contributed by atoms with E-state index in [0.29, 0.717) is 24.8 Å². The third-order valence-corrected chi connectivity index (χ3v) is 3.01. The highest BCUT2D eigenvalue weighted by Crippen LogP contribution is 2.11. The Balaban J connectivity index is 2.06. The topological polar surface area (TPSA) is 78.6 Å². The number of halogens is 1. The molecule has 0 spiro atoms. The van der Waals surface area contributed by atoms with E-state index in [1.807, 2.05) is 18.2 Å². The van der Waals surface area contributed by atoms with Gasteiger partial charge in [-0.3, -0.25) is 0 Å². The van der Waals surface area contributed by atoms with Crippen molar-refractivity contribution in [3.8, 4) is 0 Å². The van der Waals surface area contributed by atoms with Crippen molar-refractivity contribution < 1.29 is 17.9 Å². The fraction of sp³-hybridized carbons (Fsp3) is 0.455. The first-order valence-corrected chi connectivity index (χ1v) is 7.47. The average molecular weight is 294 g/mol. The molecule has 1 aromatic rings. The Bertz CT molecular complexity index is 464. The average Bonchev–Trinajstić information content (AvgIpc) is 2.26. The monoisotopic (exact) mass is 293 g/mol. The van der Waals surface area contributed by atoms with Crippen LogP contribution >= 0.6 is 11.6 Å². The molecule has 0 aliphatic rings. The minimum Gasteiger partial charge on any atom is -0.378 e. The number of nitrogens with two attached hydrogens (primary N) is 1. The van der Waals surface area contributed by atoms with Crippen LogP contribution < -0.4 is 5.14 Å². The fourth-order valence-corrected chi connectivity index (χ4v) is 1.77. The summed E-state index contributed by atoms with van der Waals surface area (Å²) < 4.78 is 31.6. The highest BCUT2D eigenvalue weighted by molar-refractivity contribution is 7.89. The summed E-state index contributed by atoms with van der Waals surface area (Å²) in [6, 6.07) is 7.38. The van der Waals surface area contributed by atoms with Crippen LogP contribution in [0.15, 0.2) is 24.3 Å². The lowest BCUT2D eigenvalue weighted by Crippen LogP contribution is -2.21. The molecule has 0 saturated heterocycles. The second-order valence-electron chi connectivity index (χ2n) is 3.66. The molecule has 7 heteroatoms. The molecule has 0 fully saturated rings. The molecule has 5 nitrogen and oxygen atoms in total. The predicted molar refractivity (Wildman–Crippen MR) is 69.9 cm³/mol. The van der Waals surface area contributed by atoms with Crippen molar-refractivity contribution in [3.05, 3.63) is 34.9 Å². The molecule has 1 rings (SSSR count). The van der Waals surface area contributed by atoms with Crippen LogP contribution in [0.1, 0.15) is 5.56 Å². The van der Waals surface area contributed by atoms with Gasteiger partial charge in [0, 0.05) is 5.02 Å². The van der Waals surface area contributed by atoms with Gasteiger partial charge in [0.2, 0.25) is 10.0 Å². The maximum Gasteiger partial charge on any atom is 0.211 e. The summed E-state index contributed by atoms with van der Waals surface area (Å²) >= 11 is 5.82. The van der Waals surface area contributed by atoms with Gasteiger partial charge in [-0.05, 0) is 17.7 Å². The fourth-order valence-electron chi connectivity index (χ4n) is 1.21. The van der Waals surface area contributed by atoms with Crippen molar-refractivity contribution in [1.82, 2.24) is 0 Å². The first-order valence-electron chi connectivity index (χ1n) is 5.38. The van der Waals surface area contributed by atoms with E-state index in [-0.39, 0.29) is 12.4 Å². The summed E-state index contributed by atoms with van der Waals surface area (Å²) in [6.07, 6.45) is 0. The number of sulfonamides is 1. The maximum absolute atomic E-state index is 10.6. The molecule has 0 heterocycles. The Morgan fingerprint density at radius 3 is 2.56 bits per heavy atom.